The van der Waals surface area contributed by atoms with Gasteiger partial charge in [0.05, 0.1) is 19.4 Å². The molecule has 0 aromatic carbocycles. The van der Waals surface area contributed by atoms with Gasteiger partial charge in [-0.2, -0.15) is 0 Å². The van der Waals surface area contributed by atoms with Crippen LogP contribution in [-0.4, -0.2) is 35.7 Å². The molecule has 1 saturated heterocycles. The Balaban J connectivity index is 1.73. The normalized spacial score (nSPS) is 19.6. The number of furan rings is 1. The van der Waals surface area contributed by atoms with Gasteiger partial charge in [0.15, 0.2) is 5.69 Å². The minimum Gasteiger partial charge on any atom is -0.467 e. The second-order valence-electron chi connectivity index (χ2n) is 4.45. The Labute approximate surface area is 109 Å². The summed E-state index contributed by atoms with van der Waals surface area (Å²) in [5, 5.41) is 3.75. The molecule has 0 unspecified atom stereocenters. The quantitative estimate of drug-likeness (QED) is 0.825. The van der Waals surface area contributed by atoms with Crippen LogP contribution in [0.4, 0.5) is 0 Å². The van der Waals surface area contributed by atoms with E-state index >= 15 is 0 Å². The first-order valence-electron chi connectivity index (χ1n) is 6.11. The fourth-order valence-electron chi connectivity index (χ4n) is 2.11. The van der Waals surface area contributed by atoms with Crippen molar-refractivity contribution in [3.05, 3.63) is 41.7 Å². The van der Waals surface area contributed by atoms with Crippen molar-refractivity contribution in [1.29, 1.82) is 0 Å². The molecule has 0 N–H and O–H groups in total. The van der Waals surface area contributed by atoms with Crippen LogP contribution in [0.1, 0.15) is 28.1 Å². The third-order valence-electron chi connectivity index (χ3n) is 3.06. The van der Waals surface area contributed by atoms with Gasteiger partial charge in [-0.15, -0.1) is 0 Å². The van der Waals surface area contributed by atoms with Crippen molar-refractivity contribution < 1.29 is 18.5 Å². The van der Waals surface area contributed by atoms with E-state index in [0.29, 0.717) is 31.2 Å². The molecule has 2 aromatic heterocycles. The summed E-state index contributed by atoms with van der Waals surface area (Å²) in [5.74, 6) is 1.21. The van der Waals surface area contributed by atoms with Crippen molar-refractivity contribution in [2.24, 2.45) is 0 Å². The summed E-state index contributed by atoms with van der Waals surface area (Å²) < 4.78 is 15.9. The van der Waals surface area contributed by atoms with Crippen LogP contribution in [0.15, 0.2) is 33.4 Å². The van der Waals surface area contributed by atoms with Gasteiger partial charge in [-0.25, -0.2) is 0 Å². The van der Waals surface area contributed by atoms with E-state index < -0.39 is 0 Å². The fraction of sp³-hybridized carbons (Fsp3) is 0.385. The zero-order valence-corrected chi connectivity index (χ0v) is 10.5. The maximum absolute atomic E-state index is 12.2. The van der Waals surface area contributed by atoms with Crippen molar-refractivity contribution in [3.8, 4) is 0 Å². The van der Waals surface area contributed by atoms with Gasteiger partial charge in [0.25, 0.3) is 5.91 Å². The summed E-state index contributed by atoms with van der Waals surface area (Å²) >= 11 is 0. The Hall–Kier alpha value is -2.08. The summed E-state index contributed by atoms with van der Waals surface area (Å²) in [5.41, 5.74) is 0.331. The van der Waals surface area contributed by atoms with Gasteiger partial charge in [0.2, 0.25) is 0 Å². The molecule has 6 nitrogen and oxygen atoms in total. The average molecular weight is 262 g/mol. The second-order valence-corrected chi connectivity index (χ2v) is 4.45. The van der Waals surface area contributed by atoms with Crippen molar-refractivity contribution in [2.45, 2.75) is 13.0 Å². The molecule has 0 aliphatic carbocycles. The zero-order valence-electron chi connectivity index (χ0n) is 10.5. The van der Waals surface area contributed by atoms with Crippen molar-refractivity contribution in [3.63, 3.8) is 0 Å². The molecule has 19 heavy (non-hydrogen) atoms. The first-order chi connectivity index (χ1) is 9.24. The fourth-order valence-corrected chi connectivity index (χ4v) is 2.11. The van der Waals surface area contributed by atoms with E-state index in [9.17, 15) is 4.79 Å². The number of aryl methyl sites for hydroxylation is 1. The van der Waals surface area contributed by atoms with Gasteiger partial charge in [-0.1, -0.05) is 5.16 Å². The van der Waals surface area contributed by atoms with E-state index in [0.717, 1.165) is 5.76 Å². The summed E-state index contributed by atoms with van der Waals surface area (Å²) in [6, 6.07) is 5.29. The van der Waals surface area contributed by atoms with E-state index in [1.54, 1.807) is 30.2 Å². The highest BCUT2D eigenvalue weighted by atomic mass is 16.5. The number of carbonyl (C=O) groups is 1. The van der Waals surface area contributed by atoms with Crippen LogP contribution in [-0.2, 0) is 4.74 Å². The van der Waals surface area contributed by atoms with Crippen LogP contribution in [0.5, 0.6) is 0 Å². The third-order valence-corrected chi connectivity index (χ3v) is 3.06. The Morgan fingerprint density at radius 3 is 3.11 bits per heavy atom. The number of hydrogen-bond acceptors (Lipinski definition) is 5. The number of rotatable bonds is 2. The van der Waals surface area contributed by atoms with Gasteiger partial charge in [-0.05, 0) is 19.1 Å². The van der Waals surface area contributed by atoms with Gasteiger partial charge in [-0.3, -0.25) is 4.79 Å². The lowest BCUT2D eigenvalue weighted by Crippen LogP contribution is -2.42. The predicted molar refractivity (Wildman–Crippen MR) is 64.5 cm³/mol. The lowest BCUT2D eigenvalue weighted by Gasteiger charge is -2.31. The molecule has 2 aromatic rings. The number of ether oxygens (including phenoxy) is 1. The Morgan fingerprint density at radius 2 is 2.42 bits per heavy atom. The van der Waals surface area contributed by atoms with E-state index in [-0.39, 0.29) is 12.0 Å². The maximum atomic E-state index is 12.2. The minimum absolute atomic E-state index is 0.142. The first kappa shape index (κ1) is 12.0. The van der Waals surface area contributed by atoms with Crippen molar-refractivity contribution >= 4 is 5.91 Å². The van der Waals surface area contributed by atoms with Gasteiger partial charge in [0.1, 0.15) is 17.6 Å². The van der Waals surface area contributed by atoms with Gasteiger partial charge < -0.3 is 18.6 Å². The molecule has 0 bridgehead atoms. The molecule has 1 atom stereocenters. The molecule has 0 saturated carbocycles. The molecule has 1 amide bonds. The van der Waals surface area contributed by atoms with Crippen LogP contribution >= 0.6 is 0 Å². The molecule has 3 heterocycles. The lowest BCUT2D eigenvalue weighted by molar-refractivity contribution is -0.0324. The minimum atomic E-state index is -0.222. The molecule has 1 aliphatic heterocycles. The molecule has 6 heteroatoms. The van der Waals surface area contributed by atoms with Crippen LogP contribution in [0.25, 0.3) is 0 Å². The number of nitrogens with zero attached hydrogens (tertiary/aromatic N) is 2. The third kappa shape index (κ3) is 2.39. The summed E-state index contributed by atoms with van der Waals surface area (Å²) in [6.45, 7) is 3.24. The zero-order chi connectivity index (χ0) is 13.2. The van der Waals surface area contributed by atoms with E-state index in [2.05, 4.69) is 5.16 Å². The molecule has 0 spiro atoms. The Kier molecular flexibility index (Phi) is 3.08. The molecule has 0 radical (unpaired) electrons. The standard InChI is InChI=1S/C13H14N2O4/c1-9-7-10(14-19-9)13(16)15-4-6-18-12(8-15)11-3-2-5-17-11/h2-3,5,7,12H,4,6,8H2,1H3/t12-/m1/s1. The summed E-state index contributed by atoms with van der Waals surface area (Å²) in [4.78, 5) is 13.9. The number of morpholine rings is 1. The lowest BCUT2D eigenvalue weighted by atomic mass is 10.2. The van der Waals surface area contributed by atoms with Crippen LogP contribution in [0.3, 0.4) is 0 Å². The number of hydrogen-bond donors (Lipinski definition) is 0. The number of carbonyl (C=O) groups excluding carboxylic acids is 1. The van der Waals surface area contributed by atoms with E-state index in [1.165, 1.54) is 0 Å². The van der Waals surface area contributed by atoms with Crippen LogP contribution < -0.4 is 0 Å². The molecular weight excluding hydrogens is 248 g/mol. The largest absolute Gasteiger partial charge is 0.467 e. The highest BCUT2D eigenvalue weighted by molar-refractivity contribution is 5.92. The molecule has 1 aliphatic rings. The van der Waals surface area contributed by atoms with Gasteiger partial charge >= 0.3 is 0 Å². The topological polar surface area (TPSA) is 68.7 Å². The summed E-state index contributed by atoms with van der Waals surface area (Å²) in [6.07, 6.45) is 1.38. The van der Waals surface area contributed by atoms with Crippen molar-refractivity contribution in [2.75, 3.05) is 19.7 Å². The molecule has 100 valence electrons. The Bertz CT molecular complexity index is 561. The van der Waals surface area contributed by atoms with Crippen molar-refractivity contribution in [1.82, 2.24) is 10.1 Å². The SMILES string of the molecule is Cc1cc(C(=O)N2CCO[C@@H](c3ccco3)C2)no1. The summed E-state index contributed by atoms with van der Waals surface area (Å²) in [7, 11) is 0. The predicted octanol–water partition coefficient (Wildman–Crippen LogP) is 1.79. The van der Waals surface area contributed by atoms with E-state index in [1.807, 2.05) is 6.07 Å². The monoisotopic (exact) mass is 262 g/mol. The smallest absolute Gasteiger partial charge is 0.276 e. The van der Waals surface area contributed by atoms with Crippen LogP contribution in [0, 0.1) is 6.92 Å². The highest BCUT2D eigenvalue weighted by Crippen LogP contribution is 2.23. The molecule has 3 rings (SSSR count). The van der Waals surface area contributed by atoms with Crippen LogP contribution in [0.2, 0.25) is 0 Å². The maximum Gasteiger partial charge on any atom is 0.276 e. The first-order valence-corrected chi connectivity index (χ1v) is 6.11. The second kappa shape index (κ2) is 4.89. The number of aromatic nitrogens is 1. The highest BCUT2D eigenvalue weighted by Gasteiger charge is 2.28. The Morgan fingerprint density at radius 1 is 1.53 bits per heavy atom. The molecular formula is C13H14N2O4. The van der Waals surface area contributed by atoms with Gasteiger partial charge in [0, 0.05) is 12.6 Å². The average Bonchev–Trinajstić information content (AvgIpc) is 3.09. The van der Waals surface area contributed by atoms with E-state index in [4.69, 9.17) is 13.7 Å². The number of amides is 1. The molecule has 1 fully saturated rings.